The molecule has 0 fully saturated rings. The van der Waals surface area contributed by atoms with Gasteiger partial charge in [-0.25, -0.2) is 8.78 Å². The highest BCUT2D eigenvalue weighted by Crippen LogP contribution is 2.36. The Morgan fingerprint density at radius 3 is 1.95 bits per heavy atom. The molecule has 1 atom stereocenters. The highest BCUT2D eigenvalue weighted by atomic mass is 19.4. The summed E-state index contributed by atoms with van der Waals surface area (Å²) in [5.41, 5.74) is -1.65. The molecular weight excluding hydrogens is 279 g/mol. The Kier molecular flexibility index (Phi) is 3.76. The van der Waals surface area contributed by atoms with Crippen LogP contribution in [0.5, 0.6) is 0 Å². The average molecular weight is 288 g/mol. The van der Waals surface area contributed by atoms with Gasteiger partial charge in [0, 0.05) is 0 Å². The lowest BCUT2D eigenvalue weighted by Gasteiger charge is -2.18. The van der Waals surface area contributed by atoms with E-state index < -0.39 is 35.0 Å². The van der Waals surface area contributed by atoms with Gasteiger partial charge in [0.05, 0.1) is 5.56 Å². The number of hydrogen-bond acceptors (Lipinski definition) is 1. The molecule has 6 heteroatoms. The van der Waals surface area contributed by atoms with Crippen molar-refractivity contribution in [2.75, 3.05) is 0 Å². The van der Waals surface area contributed by atoms with Crippen molar-refractivity contribution in [2.45, 2.75) is 12.3 Å². The Labute approximate surface area is 111 Å². The Hall–Kier alpha value is -1.95. The first-order valence-corrected chi connectivity index (χ1v) is 5.59. The molecule has 20 heavy (non-hydrogen) atoms. The molecule has 2 rings (SSSR count). The first-order valence-electron chi connectivity index (χ1n) is 5.59. The second kappa shape index (κ2) is 5.20. The number of alkyl halides is 3. The van der Waals surface area contributed by atoms with Crippen LogP contribution in [-0.2, 0) is 6.18 Å². The van der Waals surface area contributed by atoms with Crippen LogP contribution in [0.4, 0.5) is 22.0 Å². The van der Waals surface area contributed by atoms with E-state index in [1.807, 2.05) is 0 Å². The SMILES string of the molecule is OC(c1ccc(F)cc1)c1ccc(F)cc1C(F)(F)F. The van der Waals surface area contributed by atoms with Crippen molar-refractivity contribution in [1.82, 2.24) is 0 Å². The molecule has 0 aliphatic carbocycles. The molecule has 0 saturated heterocycles. The third-order valence-electron chi connectivity index (χ3n) is 2.80. The third kappa shape index (κ3) is 2.96. The molecule has 106 valence electrons. The lowest BCUT2D eigenvalue weighted by Crippen LogP contribution is -2.13. The molecule has 2 aromatic rings. The predicted octanol–water partition coefficient (Wildman–Crippen LogP) is 4.07. The van der Waals surface area contributed by atoms with Crippen molar-refractivity contribution >= 4 is 0 Å². The number of rotatable bonds is 2. The fourth-order valence-electron chi connectivity index (χ4n) is 1.84. The van der Waals surface area contributed by atoms with E-state index in [1.165, 1.54) is 12.1 Å². The molecular formula is C14H9F5O. The summed E-state index contributed by atoms with van der Waals surface area (Å²) in [7, 11) is 0. The maximum Gasteiger partial charge on any atom is 0.416 e. The van der Waals surface area contributed by atoms with Crippen LogP contribution in [0.15, 0.2) is 42.5 Å². The summed E-state index contributed by atoms with van der Waals surface area (Å²) in [5.74, 6) is -1.62. The van der Waals surface area contributed by atoms with Crippen molar-refractivity contribution in [3.63, 3.8) is 0 Å². The van der Waals surface area contributed by atoms with Crippen LogP contribution in [0.2, 0.25) is 0 Å². The number of aliphatic hydroxyl groups is 1. The monoisotopic (exact) mass is 288 g/mol. The summed E-state index contributed by atoms with van der Waals surface area (Å²) in [6, 6.07) is 6.41. The fourth-order valence-corrected chi connectivity index (χ4v) is 1.84. The number of halogens is 5. The van der Waals surface area contributed by atoms with E-state index in [0.29, 0.717) is 6.07 Å². The van der Waals surface area contributed by atoms with E-state index in [9.17, 15) is 27.1 Å². The molecule has 0 bridgehead atoms. The first-order chi connectivity index (χ1) is 9.29. The molecule has 0 amide bonds. The highest BCUT2D eigenvalue weighted by Gasteiger charge is 2.35. The number of benzene rings is 2. The minimum absolute atomic E-state index is 0.0866. The zero-order valence-electron chi connectivity index (χ0n) is 9.96. The van der Waals surface area contributed by atoms with Gasteiger partial charge in [0.1, 0.15) is 17.7 Å². The quantitative estimate of drug-likeness (QED) is 0.826. The highest BCUT2D eigenvalue weighted by molar-refractivity contribution is 5.37. The summed E-state index contributed by atoms with van der Waals surface area (Å²) >= 11 is 0. The minimum Gasteiger partial charge on any atom is -0.384 e. The van der Waals surface area contributed by atoms with Gasteiger partial charge < -0.3 is 5.11 Å². The Balaban J connectivity index is 2.49. The van der Waals surface area contributed by atoms with Gasteiger partial charge in [-0.05, 0) is 35.4 Å². The largest absolute Gasteiger partial charge is 0.416 e. The Morgan fingerprint density at radius 2 is 1.40 bits per heavy atom. The summed E-state index contributed by atoms with van der Waals surface area (Å²) in [4.78, 5) is 0. The van der Waals surface area contributed by atoms with Crippen LogP contribution in [0, 0.1) is 11.6 Å². The summed E-state index contributed by atoms with van der Waals surface area (Å²) in [6.45, 7) is 0. The fraction of sp³-hybridized carbons (Fsp3) is 0.143. The third-order valence-corrected chi connectivity index (χ3v) is 2.80. The van der Waals surface area contributed by atoms with Gasteiger partial charge in [-0.2, -0.15) is 13.2 Å². The van der Waals surface area contributed by atoms with Crippen LogP contribution in [0.1, 0.15) is 22.8 Å². The summed E-state index contributed by atoms with van der Waals surface area (Å²) in [6.07, 6.45) is -6.41. The lowest BCUT2D eigenvalue weighted by atomic mass is 9.96. The molecule has 0 aliphatic heterocycles. The van der Waals surface area contributed by atoms with Gasteiger partial charge in [0.25, 0.3) is 0 Å². The minimum atomic E-state index is -4.79. The van der Waals surface area contributed by atoms with Gasteiger partial charge in [-0.1, -0.05) is 18.2 Å². The molecule has 1 nitrogen and oxygen atoms in total. The second-order valence-corrected chi connectivity index (χ2v) is 4.18. The zero-order valence-corrected chi connectivity index (χ0v) is 9.96. The van der Waals surface area contributed by atoms with E-state index in [-0.39, 0.29) is 5.56 Å². The lowest BCUT2D eigenvalue weighted by molar-refractivity contribution is -0.139. The number of hydrogen-bond donors (Lipinski definition) is 1. The maximum absolute atomic E-state index is 13.0. The topological polar surface area (TPSA) is 20.2 Å². The van der Waals surface area contributed by atoms with Crippen LogP contribution in [-0.4, -0.2) is 5.11 Å². The molecule has 0 heterocycles. The summed E-state index contributed by atoms with van der Waals surface area (Å²) < 4.78 is 64.2. The predicted molar refractivity (Wildman–Crippen MR) is 61.9 cm³/mol. The van der Waals surface area contributed by atoms with E-state index in [2.05, 4.69) is 0 Å². The van der Waals surface area contributed by atoms with E-state index in [1.54, 1.807) is 0 Å². The standard InChI is InChI=1S/C14H9F5O/c15-9-3-1-8(2-4-9)13(20)11-6-5-10(16)7-12(11)14(17,18)19/h1-7,13,20H. The van der Waals surface area contributed by atoms with Gasteiger partial charge in [0.2, 0.25) is 0 Å². The van der Waals surface area contributed by atoms with Crippen LogP contribution in [0.3, 0.4) is 0 Å². The second-order valence-electron chi connectivity index (χ2n) is 4.18. The molecule has 0 spiro atoms. The van der Waals surface area contributed by atoms with Crippen LogP contribution < -0.4 is 0 Å². The van der Waals surface area contributed by atoms with Gasteiger partial charge in [-0.15, -0.1) is 0 Å². The maximum atomic E-state index is 13.0. The Morgan fingerprint density at radius 1 is 0.850 bits per heavy atom. The molecule has 0 aliphatic rings. The van der Waals surface area contributed by atoms with E-state index >= 15 is 0 Å². The molecule has 2 aromatic carbocycles. The first kappa shape index (κ1) is 14.5. The molecule has 1 unspecified atom stereocenters. The molecule has 1 N–H and O–H groups in total. The van der Waals surface area contributed by atoms with E-state index in [0.717, 1.165) is 24.3 Å². The van der Waals surface area contributed by atoms with Crippen molar-refractivity contribution in [1.29, 1.82) is 0 Å². The summed E-state index contributed by atoms with van der Waals surface area (Å²) in [5, 5.41) is 9.97. The van der Waals surface area contributed by atoms with Gasteiger partial charge in [0.15, 0.2) is 0 Å². The van der Waals surface area contributed by atoms with Crippen molar-refractivity contribution < 1.29 is 27.1 Å². The van der Waals surface area contributed by atoms with Crippen molar-refractivity contribution in [3.8, 4) is 0 Å². The molecule has 0 radical (unpaired) electrons. The van der Waals surface area contributed by atoms with Crippen molar-refractivity contribution in [3.05, 3.63) is 70.8 Å². The van der Waals surface area contributed by atoms with Crippen LogP contribution in [0.25, 0.3) is 0 Å². The molecule has 0 saturated carbocycles. The number of aliphatic hydroxyl groups excluding tert-OH is 1. The van der Waals surface area contributed by atoms with Crippen LogP contribution >= 0.6 is 0 Å². The van der Waals surface area contributed by atoms with Crippen molar-refractivity contribution in [2.24, 2.45) is 0 Å². The normalized spacial score (nSPS) is 13.3. The van der Waals surface area contributed by atoms with Gasteiger partial charge >= 0.3 is 6.18 Å². The average Bonchev–Trinajstić information content (AvgIpc) is 2.38. The van der Waals surface area contributed by atoms with Gasteiger partial charge in [-0.3, -0.25) is 0 Å². The zero-order chi connectivity index (χ0) is 14.9. The molecule has 0 aromatic heterocycles. The smallest absolute Gasteiger partial charge is 0.384 e. The van der Waals surface area contributed by atoms with E-state index in [4.69, 9.17) is 0 Å². The Bertz CT molecular complexity index is 604.